The van der Waals surface area contributed by atoms with E-state index in [1.807, 2.05) is 52.7 Å². The largest absolute Gasteiger partial charge is 0.497 e. The molecule has 0 N–H and O–H groups in total. The summed E-state index contributed by atoms with van der Waals surface area (Å²) >= 11 is 4.03. The average Bonchev–Trinajstić information content (AvgIpc) is 2.84. The summed E-state index contributed by atoms with van der Waals surface area (Å²) in [6, 6.07) is 16.6. The predicted octanol–water partition coefficient (Wildman–Crippen LogP) is 5.42. The monoisotopic (exact) mass is 457 g/mol. The van der Waals surface area contributed by atoms with Gasteiger partial charge in [-0.25, -0.2) is 0 Å². The zero-order valence-corrected chi connectivity index (χ0v) is 19.8. The molecule has 4 rings (SSSR count). The number of piperidine rings is 1. The second kappa shape index (κ2) is 11.2. The fourth-order valence-corrected chi connectivity index (χ4v) is 7.01. The molecule has 0 radical (unpaired) electrons. The minimum Gasteiger partial charge on any atom is -0.497 e. The van der Waals surface area contributed by atoms with E-state index in [0.29, 0.717) is 10.5 Å². The number of methoxy groups -OCH3 is 1. The molecule has 2 aliphatic heterocycles. The number of hydrogen-bond donors (Lipinski definition) is 0. The number of benzene rings is 2. The molecule has 4 nitrogen and oxygen atoms in total. The maximum Gasteiger partial charge on any atom is 0.260 e. The maximum atomic E-state index is 12.6. The number of likely N-dealkylation sites (tertiary alicyclic amines) is 1. The number of amides is 1. The van der Waals surface area contributed by atoms with E-state index in [1.54, 1.807) is 7.11 Å². The highest BCUT2D eigenvalue weighted by Crippen LogP contribution is 2.43. The van der Waals surface area contributed by atoms with E-state index < -0.39 is 0 Å². The Kier molecular flexibility index (Phi) is 8.09. The Bertz CT molecular complexity index is 827. The highest BCUT2D eigenvalue weighted by Gasteiger charge is 2.23. The van der Waals surface area contributed by atoms with E-state index in [-0.39, 0.29) is 12.5 Å². The van der Waals surface area contributed by atoms with Crippen molar-refractivity contribution >= 4 is 29.4 Å². The number of hydrogen-bond acceptors (Lipinski definition) is 5. The Hall–Kier alpha value is -1.79. The molecule has 31 heavy (non-hydrogen) atoms. The van der Waals surface area contributed by atoms with E-state index in [4.69, 9.17) is 9.47 Å². The second-order valence-electron chi connectivity index (χ2n) is 8.16. The number of ether oxygens (including phenoxy) is 2. The third-order valence-electron chi connectivity index (χ3n) is 5.99. The molecule has 0 atom stereocenters. The van der Waals surface area contributed by atoms with Gasteiger partial charge in [0.15, 0.2) is 6.61 Å². The Morgan fingerprint density at radius 3 is 2.26 bits per heavy atom. The van der Waals surface area contributed by atoms with Crippen molar-refractivity contribution in [3.05, 3.63) is 59.7 Å². The molecule has 2 aromatic carbocycles. The van der Waals surface area contributed by atoms with Crippen molar-refractivity contribution in [1.82, 2.24) is 4.90 Å². The van der Waals surface area contributed by atoms with Crippen molar-refractivity contribution in [3.63, 3.8) is 0 Å². The first-order valence-electron chi connectivity index (χ1n) is 11.1. The van der Waals surface area contributed by atoms with E-state index in [0.717, 1.165) is 43.9 Å². The van der Waals surface area contributed by atoms with E-state index in [9.17, 15) is 4.79 Å². The average molecular weight is 458 g/mol. The summed E-state index contributed by atoms with van der Waals surface area (Å²) in [6.07, 6.45) is 4.45. The lowest BCUT2D eigenvalue weighted by atomic mass is 9.90. The van der Waals surface area contributed by atoms with Crippen LogP contribution in [0.5, 0.6) is 11.5 Å². The van der Waals surface area contributed by atoms with Gasteiger partial charge < -0.3 is 14.4 Å². The van der Waals surface area contributed by atoms with Crippen LogP contribution in [-0.2, 0) is 11.2 Å². The van der Waals surface area contributed by atoms with Crippen molar-refractivity contribution in [1.29, 1.82) is 0 Å². The minimum absolute atomic E-state index is 0.0883. The van der Waals surface area contributed by atoms with Crippen LogP contribution in [0, 0.1) is 5.92 Å². The van der Waals surface area contributed by atoms with E-state index in [1.165, 1.54) is 29.1 Å². The second-order valence-corrected chi connectivity index (χ2v) is 10.9. The van der Waals surface area contributed by atoms with Gasteiger partial charge >= 0.3 is 0 Å². The topological polar surface area (TPSA) is 38.8 Å². The summed E-state index contributed by atoms with van der Waals surface area (Å²) in [4.78, 5) is 14.6. The zero-order chi connectivity index (χ0) is 21.5. The summed E-state index contributed by atoms with van der Waals surface area (Å²) in [5.74, 6) is 4.86. The van der Waals surface area contributed by atoms with Crippen LogP contribution in [0.2, 0.25) is 0 Å². The highest BCUT2D eigenvalue weighted by molar-refractivity contribution is 8.16. The van der Waals surface area contributed by atoms with Crippen LogP contribution in [0.1, 0.15) is 35.0 Å². The van der Waals surface area contributed by atoms with Crippen molar-refractivity contribution in [3.8, 4) is 11.5 Å². The molecule has 2 saturated heterocycles. The van der Waals surface area contributed by atoms with Crippen LogP contribution < -0.4 is 9.47 Å². The van der Waals surface area contributed by atoms with Crippen LogP contribution in [0.3, 0.4) is 0 Å². The molecular weight excluding hydrogens is 426 g/mol. The molecule has 166 valence electrons. The molecule has 0 saturated carbocycles. The molecule has 0 aromatic heterocycles. The number of rotatable bonds is 7. The van der Waals surface area contributed by atoms with Gasteiger partial charge in [0.25, 0.3) is 5.91 Å². The lowest BCUT2D eigenvalue weighted by Gasteiger charge is -2.32. The van der Waals surface area contributed by atoms with Crippen LogP contribution in [0.4, 0.5) is 0 Å². The molecule has 2 aromatic rings. The lowest BCUT2D eigenvalue weighted by Crippen LogP contribution is -2.41. The number of carbonyl (C=O) groups is 1. The third kappa shape index (κ3) is 6.36. The lowest BCUT2D eigenvalue weighted by molar-refractivity contribution is -0.134. The molecule has 0 aliphatic carbocycles. The Morgan fingerprint density at radius 2 is 1.61 bits per heavy atom. The minimum atomic E-state index is 0.0883. The maximum absolute atomic E-state index is 12.6. The SMILES string of the molecule is COc1ccc(CC2CCN(C(=O)COc3ccc(C4SCCCS4)cc3)CC2)cc1. The molecule has 2 aliphatic rings. The Labute approximate surface area is 194 Å². The van der Waals surface area contributed by atoms with Crippen molar-refractivity contribution in [2.75, 3.05) is 38.3 Å². The van der Waals surface area contributed by atoms with Gasteiger partial charge in [0.2, 0.25) is 0 Å². The van der Waals surface area contributed by atoms with Gasteiger partial charge in [-0.15, -0.1) is 23.5 Å². The van der Waals surface area contributed by atoms with Gasteiger partial charge in [-0.1, -0.05) is 24.3 Å². The summed E-state index contributed by atoms with van der Waals surface area (Å²) < 4.78 is 11.6. The third-order valence-corrected chi connectivity index (χ3v) is 9.01. The van der Waals surface area contributed by atoms with Gasteiger partial charge in [0, 0.05) is 13.1 Å². The first-order valence-corrected chi connectivity index (χ1v) is 13.2. The van der Waals surface area contributed by atoms with E-state index in [2.05, 4.69) is 24.3 Å². The van der Waals surface area contributed by atoms with Crippen LogP contribution in [-0.4, -0.2) is 49.1 Å². The molecule has 2 heterocycles. The predicted molar refractivity (Wildman–Crippen MR) is 130 cm³/mol. The fraction of sp³-hybridized carbons (Fsp3) is 0.480. The zero-order valence-electron chi connectivity index (χ0n) is 18.1. The van der Waals surface area contributed by atoms with Gasteiger partial charge in [-0.2, -0.15) is 0 Å². The Balaban J connectivity index is 1.19. The van der Waals surface area contributed by atoms with Crippen molar-refractivity contribution in [2.45, 2.75) is 30.3 Å². The first kappa shape index (κ1) is 22.4. The standard InChI is InChI=1S/C25H31NO3S2/c1-28-22-7-3-19(4-8-22)17-20-11-13-26(14-12-20)24(27)18-29-23-9-5-21(6-10-23)25-30-15-2-16-31-25/h3-10,20,25H,2,11-18H2,1H3. The number of thioether (sulfide) groups is 2. The summed E-state index contributed by atoms with van der Waals surface area (Å²) in [7, 11) is 1.69. The van der Waals surface area contributed by atoms with Crippen molar-refractivity contribution in [2.24, 2.45) is 5.92 Å². The number of nitrogens with zero attached hydrogens (tertiary/aromatic N) is 1. The van der Waals surface area contributed by atoms with Crippen molar-refractivity contribution < 1.29 is 14.3 Å². The van der Waals surface area contributed by atoms with Gasteiger partial charge in [-0.05, 0) is 78.5 Å². The molecule has 0 bridgehead atoms. The summed E-state index contributed by atoms with van der Waals surface area (Å²) in [5.41, 5.74) is 2.68. The molecule has 2 fully saturated rings. The first-order chi connectivity index (χ1) is 15.2. The molecule has 1 amide bonds. The molecular formula is C25H31NO3S2. The number of carbonyl (C=O) groups excluding carboxylic acids is 1. The normalized spacial score (nSPS) is 18.0. The van der Waals surface area contributed by atoms with Crippen LogP contribution in [0.15, 0.2) is 48.5 Å². The Morgan fingerprint density at radius 1 is 0.968 bits per heavy atom. The molecule has 0 unspecified atom stereocenters. The molecule has 0 spiro atoms. The van der Waals surface area contributed by atoms with E-state index >= 15 is 0 Å². The summed E-state index contributed by atoms with van der Waals surface area (Å²) in [5, 5.41) is 0. The van der Waals surface area contributed by atoms with Gasteiger partial charge in [0.05, 0.1) is 11.7 Å². The smallest absolute Gasteiger partial charge is 0.260 e. The highest BCUT2D eigenvalue weighted by atomic mass is 32.2. The van der Waals surface area contributed by atoms with Crippen LogP contribution in [0.25, 0.3) is 0 Å². The molecule has 6 heteroatoms. The van der Waals surface area contributed by atoms with Crippen LogP contribution >= 0.6 is 23.5 Å². The van der Waals surface area contributed by atoms with Gasteiger partial charge in [-0.3, -0.25) is 4.79 Å². The fourth-order valence-electron chi connectivity index (χ4n) is 4.12. The van der Waals surface area contributed by atoms with Gasteiger partial charge in [0.1, 0.15) is 11.5 Å². The summed E-state index contributed by atoms with van der Waals surface area (Å²) in [6.45, 7) is 1.76. The quantitative estimate of drug-likeness (QED) is 0.555.